The third kappa shape index (κ3) is 5.07. The second kappa shape index (κ2) is 8.54. The van der Waals surface area contributed by atoms with Gasteiger partial charge in [0.1, 0.15) is 5.69 Å². The number of carbonyl (C=O) groups is 1. The van der Waals surface area contributed by atoms with Gasteiger partial charge in [0.15, 0.2) is 5.82 Å². The Hall–Kier alpha value is -3.04. The molecule has 1 saturated heterocycles. The number of benzene rings is 1. The van der Waals surface area contributed by atoms with Crippen LogP contribution in [0.3, 0.4) is 0 Å². The summed E-state index contributed by atoms with van der Waals surface area (Å²) in [5.41, 5.74) is -0.938. The maximum atomic E-state index is 13.1. The minimum atomic E-state index is -4.57. The summed E-state index contributed by atoms with van der Waals surface area (Å²) in [5.74, 6) is 1.04. The van der Waals surface area contributed by atoms with Gasteiger partial charge in [0, 0.05) is 27.2 Å². The fraction of sp³-hybridized carbons (Fsp3) is 0.421. The van der Waals surface area contributed by atoms with Gasteiger partial charge < -0.3 is 20.4 Å². The van der Waals surface area contributed by atoms with Gasteiger partial charge in [-0.1, -0.05) is 12.1 Å². The van der Waals surface area contributed by atoms with Crippen molar-refractivity contribution in [1.82, 2.24) is 9.97 Å². The van der Waals surface area contributed by atoms with Gasteiger partial charge >= 0.3 is 12.2 Å². The number of para-hydroxylation sites is 1. The molecular formula is C19H23F3N6O. The Morgan fingerprint density at radius 1 is 1.07 bits per heavy atom. The molecule has 1 aliphatic rings. The average Bonchev–Trinajstić information content (AvgIpc) is 2.68. The average molecular weight is 408 g/mol. The van der Waals surface area contributed by atoms with Gasteiger partial charge in [0.05, 0.1) is 17.4 Å². The highest BCUT2D eigenvalue weighted by Crippen LogP contribution is 2.34. The van der Waals surface area contributed by atoms with E-state index in [4.69, 9.17) is 0 Å². The number of hydrogen-bond donors (Lipinski definition) is 2. The second-order valence-electron chi connectivity index (χ2n) is 6.97. The largest absolute Gasteiger partial charge is 0.418 e. The van der Waals surface area contributed by atoms with Crippen LogP contribution in [0.4, 0.5) is 41.1 Å². The second-order valence-corrected chi connectivity index (χ2v) is 6.97. The van der Waals surface area contributed by atoms with Crippen LogP contribution in [0.2, 0.25) is 0 Å². The molecule has 0 saturated carbocycles. The van der Waals surface area contributed by atoms with Gasteiger partial charge in [0.2, 0.25) is 5.95 Å². The van der Waals surface area contributed by atoms with Gasteiger partial charge in [-0.15, -0.1) is 0 Å². The molecule has 0 radical (unpaired) electrons. The molecule has 7 nitrogen and oxygen atoms in total. The van der Waals surface area contributed by atoms with Crippen LogP contribution in [0.15, 0.2) is 30.5 Å². The number of anilines is 4. The molecule has 156 valence electrons. The van der Waals surface area contributed by atoms with Crippen molar-refractivity contribution in [2.75, 3.05) is 47.6 Å². The Morgan fingerprint density at radius 2 is 1.72 bits per heavy atom. The summed E-state index contributed by atoms with van der Waals surface area (Å²) in [5, 5.41) is 4.80. The van der Waals surface area contributed by atoms with Crippen LogP contribution in [0.25, 0.3) is 0 Å². The number of nitrogens with one attached hydrogen (secondary N) is 2. The molecule has 2 aromatic rings. The fourth-order valence-electron chi connectivity index (χ4n) is 3.15. The summed E-state index contributed by atoms with van der Waals surface area (Å²) < 4.78 is 39.3. The van der Waals surface area contributed by atoms with Gasteiger partial charge in [-0.05, 0) is 31.4 Å². The molecular weight excluding hydrogens is 385 g/mol. The lowest BCUT2D eigenvalue weighted by Gasteiger charge is -2.28. The van der Waals surface area contributed by atoms with Gasteiger partial charge in [0.25, 0.3) is 0 Å². The number of alkyl halides is 3. The zero-order valence-corrected chi connectivity index (χ0v) is 16.3. The van der Waals surface area contributed by atoms with Crippen molar-refractivity contribution >= 4 is 29.2 Å². The van der Waals surface area contributed by atoms with E-state index < -0.39 is 17.8 Å². The van der Waals surface area contributed by atoms with Gasteiger partial charge in [-0.25, -0.2) is 9.78 Å². The highest BCUT2D eigenvalue weighted by molar-refractivity contribution is 6.01. The van der Waals surface area contributed by atoms with Gasteiger partial charge in [-0.3, -0.25) is 0 Å². The van der Waals surface area contributed by atoms with Crippen LogP contribution in [-0.4, -0.2) is 43.2 Å². The molecule has 1 aliphatic heterocycles. The topological polar surface area (TPSA) is 73.4 Å². The molecule has 3 rings (SSSR count). The summed E-state index contributed by atoms with van der Waals surface area (Å²) in [6, 6.07) is 4.00. The SMILES string of the molecule is CN(C)c1nc(N2CCCCC2)ncc1NC(=O)Nc1ccccc1C(F)(F)F. The summed E-state index contributed by atoms with van der Waals surface area (Å²) in [7, 11) is 3.54. The highest BCUT2D eigenvalue weighted by Gasteiger charge is 2.33. The Bertz CT molecular complexity index is 865. The van der Waals surface area contributed by atoms with Crippen molar-refractivity contribution < 1.29 is 18.0 Å². The first-order valence-electron chi connectivity index (χ1n) is 9.29. The first-order chi connectivity index (χ1) is 13.8. The minimum absolute atomic E-state index is 0.303. The van der Waals surface area contributed by atoms with E-state index in [1.807, 2.05) is 0 Å². The van der Waals surface area contributed by atoms with Crippen LogP contribution in [0.1, 0.15) is 24.8 Å². The standard InChI is InChI=1S/C19H23F3N6O/c1-27(2)16-15(12-23-17(26-16)28-10-6-3-7-11-28)25-18(29)24-14-9-5-4-8-13(14)19(20,21)22/h4-5,8-9,12H,3,6-7,10-11H2,1-2H3,(H2,24,25,29). The monoisotopic (exact) mass is 408 g/mol. The number of amides is 2. The molecule has 2 heterocycles. The predicted octanol–water partition coefficient (Wildman–Crippen LogP) is 4.20. The van der Waals surface area contributed by atoms with Crippen LogP contribution < -0.4 is 20.4 Å². The molecule has 2 amide bonds. The highest BCUT2D eigenvalue weighted by atomic mass is 19.4. The maximum absolute atomic E-state index is 13.1. The van der Waals surface area contributed by atoms with Crippen LogP contribution >= 0.6 is 0 Å². The van der Waals surface area contributed by atoms with Crippen molar-refractivity contribution in [2.45, 2.75) is 25.4 Å². The number of hydrogen-bond acceptors (Lipinski definition) is 5. The lowest BCUT2D eigenvalue weighted by molar-refractivity contribution is -0.136. The Balaban J connectivity index is 1.78. The number of piperidine rings is 1. The zero-order valence-electron chi connectivity index (χ0n) is 16.3. The summed E-state index contributed by atoms with van der Waals surface area (Å²) >= 11 is 0. The lowest BCUT2D eigenvalue weighted by Crippen LogP contribution is -2.32. The van der Waals surface area contributed by atoms with Crippen LogP contribution in [0, 0.1) is 0 Å². The van der Waals surface area contributed by atoms with Crippen molar-refractivity contribution in [3.05, 3.63) is 36.0 Å². The molecule has 0 bridgehead atoms. The minimum Gasteiger partial charge on any atom is -0.361 e. The Labute approximate surface area is 166 Å². The van der Waals surface area contributed by atoms with E-state index in [0.717, 1.165) is 32.0 Å². The zero-order chi connectivity index (χ0) is 21.0. The first kappa shape index (κ1) is 20.7. The summed E-state index contributed by atoms with van der Waals surface area (Å²) in [4.78, 5) is 25.0. The molecule has 2 N–H and O–H groups in total. The molecule has 0 aliphatic carbocycles. The van der Waals surface area contributed by atoms with E-state index in [9.17, 15) is 18.0 Å². The molecule has 0 unspecified atom stereocenters. The van der Waals surface area contributed by atoms with Crippen molar-refractivity contribution in [3.63, 3.8) is 0 Å². The summed E-state index contributed by atoms with van der Waals surface area (Å²) in [6.07, 6.45) is 0.221. The number of halogens is 3. The predicted molar refractivity (Wildman–Crippen MR) is 107 cm³/mol. The van der Waals surface area contributed by atoms with E-state index in [0.29, 0.717) is 17.5 Å². The molecule has 29 heavy (non-hydrogen) atoms. The number of nitrogens with zero attached hydrogens (tertiary/aromatic N) is 4. The fourth-order valence-corrected chi connectivity index (χ4v) is 3.15. The van der Waals surface area contributed by atoms with E-state index in [1.165, 1.54) is 30.8 Å². The Kier molecular flexibility index (Phi) is 6.09. The van der Waals surface area contributed by atoms with E-state index >= 15 is 0 Å². The number of rotatable bonds is 4. The van der Waals surface area contributed by atoms with Crippen molar-refractivity contribution in [1.29, 1.82) is 0 Å². The Morgan fingerprint density at radius 3 is 2.38 bits per heavy atom. The number of aromatic nitrogens is 2. The molecule has 0 spiro atoms. The smallest absolute Gasteiger partial charge is 0.361 e. The number of urea groups is 1. The molecule has 0 atom stereocenters. The van der Waals surface area contributed by atoms with Crippen LogP contribution in [0.5, 0.6) is 0 Å². The van der Waals surface area contributed by atoms with Crippen molar-refractivity contribution in [3.8, 4) is 0 Å². The van der Waals surface area contributed by atoms with Gasteiger partial charge in [-0.2, -0.15) is 18.2 Å². The van der Waals surface area contributed by atoms with E-state index in [2.05, 4.69) is 25.5 Å². The van der Waals surface area contributed by atoms with E-state index in [-0.39, 0.29) is 5.69 Å². The van der Waals surface area contributed by atoms with Crippen molar-refractivity contribution in [2.24, 2.45) is 0 Å². The maximum Gasteiger partial charge on any atom is 0.418 e. The quantitative estimate of drug-likeness (QED) is 0.794. The van der Waals surface area contributed by atoms with E-state index in [1.54, 1.807) is 19.0 Å². The molecule has 10 heteroatoms. The molecule has 1 aromatic heterocycles. The van der Waals surface area contributed by atoms with Crippen LogP contribution in [-0.2, 0) is 6.18 Å². The molecule has 1 fully saturated rings. The molecule has 1 aromatic carbocycles. The normalized spacial score (nSPS) is 14.4. The number of carbonyl (C=O) groups excluding carboxylic acids is 1. The third-order valence-electron chi connectivity index (χ3n) is 4.55. The third-order valence-corrected chi connectivity index (χ3v) is 4.55. The first-order valence-corrected chi connectivity index (χ1v) is 9.29. The lowest BCUT2D eigenvalue weighted by atomic mass is 10.1. The summed E-state index contributed by atoms with van der Waals surface area (Å²) in [6.45, 7) is 1.74.